The number of benzene rings is 2. The van der Waals surface area contributed by atoms with Gasteiger partial charge >= 0.3 is 0 Å². The van der Waals surface area contributed by atoms with Crippen molar-refractivity contribution in [3.63, 3.8) is 0 Å². The molecule has 1 aliphatic carbocycles. The summed E-state index contributed by atoms with van der Waals surface area (Å²) in [5.41, 5.74) is 1.88. The molecule has 2 aromatic carbocycles. The topological polar surface area (TPSA) is 76.7 Å². The van der Waals surface area contributed by atoms with Crippen molar-refractivity contribution in [3.8, 4) is 11.5 Å². The van der Waals surface area contributed by atoms with Crippen LogP contribution in [0.2, 0.25) is 0 Å². The van der Waals surface area contributed by atoms with Gasteiger partial charge in [-0.05, 0) is 50.1 Å². The van der Waals surface area contributed by atoms with Gasteiger partial charge in [-0.15, -0.1) is 0 Å². The van der Waals surface area contributed by atoms with Crippen LogP contribution in [0.5, 0.6) is 11.5 Å². The summed E-state index contributed by atoms with van der Waals surface area (Å²) in [5.74, 6) is -2.41. The van der Waals surface area contributed by atoms with Crippen LogP contribution in [0.4, 0.5) is 14.5 Å². The van der Waals surface area contributed by atoms with Crippen molar-refractivity contribution in [3.05, 3.63) is 76.1 Å². The Morgan fingerprint density at radius 2 is 1.82 bits per heavy atom. The second-order valence-corrected chi connectivity index (χ2v) is 7.92. The predicted molar refractivity (Wildman–Crippen MR) is 119 cm³/mol. The zero-order chi connectivity index (χ0) is 23.7. The lowest BCUT2D eigenvalue weighted by Gasteiger charge is -2.35. The molecule has 8 heteroatoms. The molecule has 0 radical (unpaired) electrons. The number of hydrogen-bond donors (Lipinski definition) is 2. The number of hydrogen-bond acceptors (Lipinski definition) is 5. The summed E-state index contributed by atoms with van der Waals surface area (Å²) in [5, 5.41) is 5.54. The largest absolute Gasteiger partial charge is 0.497 e. The van der Waals surface area contributed by atoms with Crippen LogP contribution in [0.3, 0.4) is 0 Å². The Bertz CT molecular complexity index is 1180. The summed E-state index contributed by atoms with van der Waals surface area (Å²) in [7, 11) is 3.01. The lowest BCUT2D eigenvalue weighted by Crippen LogP contribution is -2.35. The van der Waals surface area contributed by atoms with E-state index in [4.69, 9.17) is 9.47 Å². The van der Waals surface area contributed by atoms with E-state index in [1.165, 1.54) is 20.3 Å². The van der Waals surface area contributed by atoms with Gasteiger partial charge < -0.3 is 20.1 Å². The van der Waals surface area contributed by atoms with Crippen molar-refractivity contribution >= 4 is 17.4 Å². The summed E-state index contributed by atoms with van der Waals surface area (Å²) in [4.78, 5) is 26.5. The molecule has 1 atom stereocenters. The SMILES string of the molecule is COc1ccc(OC)c([C@@H]2C(C(=O)Nc3c(F)cccc3F)=C(C)NC3=C2C(=O)CCC3)c1. The molecule has 2 aromatic rings. The third kappa shape index (κ3) is 4.08. The number of halogens is 2. The Labute approximate surface area is 190 Å². The van der Waals surface area contributed by atoms with Gasteiger partial charge in [0.1, 0.15) is 28.8 Å². The number of ether oxygens (including phenoxy) is 2. The highest BCUT2D eigenvalue weighted by atomic mass is 19.1. The molecule has 0 saturated heterocycles. The Balaban J connectivity index is 1.88. The van der Waals surface area contributed by atoms with Crippen molar-refractivity contribution in [2.45, 2.75) is 32.1 Å². The van der Waals surface area contributed by atoms with Gasteiger partial charge in [-0.3, -0.25) is 9.59 Å². The third-order valence-electron chi connectivity index (χ3n) is 5.97. The second kappa shape index (κ2) is 9.05. The minimum absolute atomic E-state index is 0.0894. The van der Waals surface area contributed by atoms with E-state index in [9.17, 15) is 18.4 Å². The molecule has 0 bridgehead atoms. The number of dihydropyridines is 1. The Hall–Kier alpha value is -3.68. The first-order valence-electron chi connectivity index (χ1n) is 10.6. The number of anilines is 1. The molecule has 1 aliphatic heterocycles. The maximum atomic E-state index is 14.3. The lowest BCUT2D eigenvalue weighted by molar-refractivity contribution is -0.116. The average molecular weight is 454 g/mol. The van der Waals surface area contributed by atoms with E-state index in [-0.39, 0.29) is 11.4 Å². The summed E-state index contributed by atoms with van der Waals surface area (Å²) in [6.45, 7) is 1.70. The monoisotopic (exact) mass is 454 g/mol. The summed E-state index contributed by atoms with van der Waals surface area (Å²) >= 11 is 0. The minimum atomic E-state index is -0.894. The average Bonchev–Trinajstić information content (AvgIpc) is 2.80. The van der Waals surface area contributed by atoms with Crippen molar-refractivity contribution in [2.24, 2.45) is 0 Å². The molecule has 2 aliphatic rings. The second-order valence-electron chi connectivity index (χ2n) is 7.92. The van der Waals surface area contributed by atoms with E-state index in [0.29, 0.717) is 47.6 Å². The molecular weight excluding hydrogens is 430 g/mol. The molecule has 0 spiro atoms. The number of Topliss-reactive ketones (excluding diaryl/α,β-unsaturated/α-hetero) is 1. The fourth-order valence-electron chi connectivity index (χ4n) is 4.46. The number of amides is 1. The molecule has 2 N–H and O–H groups in total. The highest BCUT2D eigenvalue weighted by molar-refractivity contribution is 6.10. The van der Waals surface area contributed by atoms with Crippen LogP contribution in [0, 0.1) is 11.6 Å². The highest BCUT2D eigenvalue weighted by Crippen LogP contribution is 2.46. The maximum absolute atomic E-state index is 14.3. The normalized spacial score (nSPS) is 18.0. The van der Waals surface area contributed by atoms with Crippen LogP contribution < -0.4 is 20.1 Å². The van der Waals surface area contributed by atoms with Crippen molar-refractivity contribution in [2.75, 3.05) is 19.5 Å². The highest BCUT2D eigenvalue weighted by Gasteiger charge is 2.40. The Kier molecular flexibility index (Phi) is 6.18. The van der Waals surface area contributed by atoms with Crippen molar-refractivity contribution in [1.82, 2.24) is 5.32 Å². The van der Waals surface area contributed by atoms with Gasteiger partial charge in [-0.1, -0.05) is 6.07 Å². The quantitative estimate of drug-likeness (QED) is 0.691. The molecule has 33 heavy (non-hydrogen) atoms. The fourth-order valence-corrected chi connectivity index (χ4v) is 4.46. The van der Waals surface area contributed by atoms with E-state index in [2.05, 4.69) is 10.6 Å². The van der Waals surface area contributed by atoms with Crippen LogP contribution in [0.15, 0.2) is 58.9 Å². The van der Waals surface area contributed by atoms with Crippen LogP contribution in [0.1, 0.15) is 37.7 Å². The molecule has 0 aromatic heterocycles. The van der Waals surface area contributed by atoms with Gasteiger partial charge in [0.25, 0.3) is 5.91 Å². The first-order chi connectivity index (χ1) is 15.8. The first-order valence-corrected chi connectivity index (χ1v) is 10.6. The molecule has 6 nitrogen and oxygen atoms in total. The van der Waals surface area contributed by atoms with E-state index in [0.717, 1.165) is 17.8 Å². The van der Waals surface area contributed by atoms with Crippen molar-refractivity contribution in [1.29, 1.82) is 0 Å². The van der Waals surface area contributed by atoms with Gasteiger partial charge in [-0.2, -0.15) is 0 Å². The van der Waals surface area contributed by atoms with E-state index in [1.54, 1.807) is 25.1 Å². The fraction of sp³-hybridized carbons (Fsp3) is 0.280. The predicted octanol–water partition coefficient (Wildman–Crippen LogP) is 4.59. The molecule has 0 saturated carbocycles. The van der Waals surface area contributed by atoms with Gasteiger partial charge in [0, 0.05) is 34.5 Å². The zero-order valence-corrected chi connectivity index (χ0v) is 18.6. The standard InChI is InChI=1S/C25H24F2N2O4/c1-13-21(25(31)29-24-16(26)6-4-7-17(24)27)22(23-18(28-13)8-5-9-19(23)30)15-12-14(32-2)10-11-20(15)33-3/h4,6-7,10-12,22,28H,5,8-9H2,1-3H3,(H,29,31)/t22-/m1/s1. The molecule has 1 heterocycles. The molecule has 0 fully saturated rings. The number of methoxy groups -OCH3 is 2. The first kappa shape index (κ1) is 22.5. The Morgan fingerprint density at radius 1 is 1.09 bits per heavy atom. The number of ketones is 1. The zero-order valence-electron chi connectivity index (χ0n) is 18.6. The van der Waals surface area contributed by atoms with Crippen LogP contribution in [-0.2, 0) is 9.59 Å². The summed E-state index contributed by atoms with van der Waals surface area (Å²) in [6, 6.07) is 8.47. The van der Waals surface area contributed by atoms with Crippen LogP contribution >= 0.6 is 0 Å². The van der Waals surface area contributed by atoms with Crippen LogP contribution in [0.25, 0.3) is 0 Å². The van der Waals surface area contributed by atoms with Gasteiger partial charge in [-0.25, -0.2) is 8.78 Å². The smallest absolute Gasteiger partial charge is 0.254 e. The molecule has 1 amide bonds. The lowest BCUT2D eigenvalue weighted by atomic mass is 9.74. The van der Waals surface area contributed by atoms with Gasteiger partial charge in [0.2, 0.25) is 0 Å². The van der Waals surface area contributed by atoms with Gasteiger partial charge in [0.15, 0.2) is 5.78 Å². The summed E-state index contributed by atoms with van der Waals surface area (Å²) < 4.78 is 39.4. The molecular formula is C25H24F2N2O4. The molecule has 172 valence electrons. The molecule has 0 unspecified atom stereocenters. The van der Waals surface area contributed by atoms with Crippen LogP contribution in [-0.4, -0.2) is 25.9 Å². The number of allylic oxidation sites excluding steroid dienone is 3. The number of carbonyl (C=O) groups is 2. The maximum Gasteiger partial charge on any atom is 0.254 e. The van der Waals surface area contributed by atoms with Crippen molar-refractivity contribution < 1.29 is 27.8 Å². The number of carbonyl (C=O) groups excluding carboxylic acids is 2. The number of nitrogens with one attached hydrogen (secondary N) is 2. The van der Waals surface area contributed by atoms with E-state index in [1.807, 2.05) is 0 Å². The molecule has 4 rings (SSSR count). The van der Waals surface area contributed by atoms with E-state index < -0.39 is 29.1 Å². The van der Waals surface area contributed by atoms with Gasteiger partial charge in [0.05, 0.1) is 20.1 Å². The van der Waals surface area contributed by atoms with E-state index >= 15 is 0 Å². The number of rotatable bonds is 5. The Morgan fingerprint density at radius 3 is 2.48 bits per heavy atom. The summed E-state index contributed by atoms with van der Waals surface area (Å²) in [6.07, 6.45) is 1.69. The minimum Gasteiger partial charge on any atom is -0.497 e. The number of para-hydroxylation sites is 1. The third-order valence-corrected chi connectivity index (χ3v) is 5.97.